The van der Waals surface area contributed by atoms with Crippen LogP contribution < -0.4 is 4.90 Å². The maximum absolute atomic E-state index is 13.9. The number of hydrogen-bond acceptors (Lipinski definition) is 14. The lowest BCUT2D eigenvalue weighted by atomic mass is 9.75. The summed E-state index contributed by atoms with van der Waals surface area (Å²) in [5, 5.41) is 16.4. The van der Waals surface area contributed by atoms with E-state index in [4.69, 9.17) is 39.6 Å². The third-order valence-electron chi connectivity index (χ3n) is 9.50. The number of aryl methyl sites for hydroxylation is 1. The van der Waals surface area contributed by atoms with E-state index in [0.29, 0.717) is 16.9 Å². The summed E-state index contributed by atoms with van der Waals surface area (Å²) in [6, 6.07) is 8.59. The average molecular weight is 778 g/mol. The molecule has 2 unspecified atom stereocenters. The largest absolute Gasteiger partial charge is 0.435 e. The van der Waals surface area contributed by atoms with E-state index in [9.17, 15) is 19.3 Å². The number of nitrogens with zero attached hydrogens (tertiary/aromatic N) is 5. The number of aliphatic hydroxyl groups excluding tert-OH is 1. The minimum atomic E-state index is -4.21. The van der Waals surface area contributed by atoms with Crippen LogP contribution in [0.4, 0.5) is 5.82 Å². The van der Waals surface area contributed by atoms with Gasteiger partial charge in [-0.2, -0.15) is 15.1 Å². The lowest BCUT2D eigenvalue weighted by Gasteiger charge is -2.49. The second-order valence-electron chi connectivity index (χ2n) is 16.2. The molecule has 3 aromatic rings. The number of aromatic nitrogens is 4. The molecule has 0 radical (unpaired) electrons. The minimum absolute atomic E-state index is 0.0509. The van der Waals surface area contributed by atoms with E-state index in [1.807, 2.05) is 0 Å². The van der Waals surface area contributed by atoms with Gasteiger partial charge in [-0.05, 0) is 91.0 Å². The van der Waals surface area contributed by atoms with Gasteiger partial charge in [-0.3, -0.25) is 23.2 Å². The molecule has 6 rings (SSSR count). The third-order valence-corrected chi connectivity index (χ3v) is 11.4. The molecular weight excluding hydrogens is 729 g/mol. The second-order valence-corrected chi connectivity index (χ2v) is 18.4. The Balaban J connectivity index is 1.11. The fraction of sp³-hybridized carbons (Fsp3) is 0.639. The van der Waals surface area contributed by atoms with Crippen LogP contribution in [0.25, 0.3) is 11.0 Å². The molecule has 1 aliphatic carbocycles. The lowest BCUT2D eigenvalue weighted by Crippen LogP contribution is -2.58. The number of aliphatic hydroxyl groups is 1. The molecular formula is C36H49ClN5O10P. The monoisotopic (exact) mass is 777 g/mol. The molecule has 2 saturated heterocycles. The number of hydrogen-bond donors (Lipinski definition) is 1. The Morgan fingerprint density at radius 2 is 1.66 bits per heavy atom. The molecule has 17 heteroatoms. The number of carbonyl (C=O) groups is 2. The van der Waals surface area contributed by atoms with Crippen molar-refractivity contribution in [2.45, 2.75) is 111 Å². The molecule has 3 aliphatic rings. The first-order valence-electron chi connectivity index (χ1n) is 17.8. The van der Waals surface area contributed by atoms with Crippen LogP contribution in [0.15, 0.2) is 30.5 Å². The quantitative estimate of drug-likeness (QED) is 0.0996. The maximum Gasteiger partial charge on any atom is 0.362 e. The van der Waals surface area contributed by atoms with Gasteiger partial charge in [0.25, 0.3) is 0 Å². The number of benzene rings is 1. The SMILES string of the molecule is CC(OC(=O)C(C)(C)C)OP(=O)(COC[C@@H]1C[C@@H](O)[C@H](n2ncc3c(N4CC5(CCc6ccccc65)C4)nc(Cl)nc32)O1)OC(C)OC(=O)C(C)(C)C. The van der Waals surface area contributed by atoms with Crippen LogP contribution in [0.1, 0.15) is 85.6 Å². The summed E-state index contributed by atoms with van der Waals surface area (Å²) in [6.45, 7) is 14.3. The highest BCUT2D eigenvalue weighted by molar-refractivity contribution is 7.53. The Kier molecular flexibility index (Phi) is 11.0. The smallest absolute Gasteiger partial charge is 0.362 e. The molecule has 290 valence electrons. The number of esters is 2. The number of ether oxygens (including phenoxy) is 4. The van der Waals surface area contributed by atoms with Crippen LogP contribution >= 0.6 is 19.2 Å². The Morgan fingerprint density at radius 3 is 2.28 bits per heavy atom. The first kappa shape index (κ1) is 39.5. The fourth-order valence-corrected chi connectivity index (χ4v) is 8.48. The molecule has 15 nitrogen and oxygen atoms in total. The molecule has 0 amide bonds. The van der Waals surface area contributed by atoms with E-state index in [1.165, 1.54) is 29.7 Å². The summed E-state index contributed by atoms with van der Waals surface area (Å²) in [4.78, 5) is 36.1. The van der Waals surface area contributed by atoms with Crippen molar-refractivity contribution in [1.82, 2.24) is 19.7 Å². The molecule has 0 saturated carbocycles. The van der Waals surface area contributed by atoms with Crippen LogP contribution in [-0.2, 0) is 54.0 Å². The van der Waals surface area contributed by atoms with Crippen LogP contribution in [0.2, 0.25) is 5.28 Å². The van der Waals surface area contributed by atoms with E-state index in [2.05, 4.69) is 44.2 Å². The number of fused-ring (bicyclic) bond motifs is 3. The van der Waals surface area contributed by atoms with Gasteiger partial charge in [0.2, 0.25) is 17.9 Å². The molecule has 2 aliphatic heterocycles. The summed E-state index contributed by atoms with van der Waals surface area (Å²) < 4.78 is 49.2. The average Bonchev–Trinajstić information content (AvgIpc) is 3.73. The summed E-state index contributed by atoms with van der Waals surface area (Å²) in [5.74, 6) is -0.487. The Morgan fingerprint density at radius 1 is 1.04 bits per heavy atom. The zero-order valence-electron chi connectivity index (χ0n) is 31.4. The van der Waals surface area contributed by atoms with E-state index < -0.39 is 67.7 Å². The topological polar surface area (TPSA) is 174 Å². The molecule has 53 heavy (non-hydrogen) atoms. The third kappa shape index (κ3) is 8.56. The van der Waals surface area contributed by atoms with Crippen molar-refractivity contribution in [3.05, 3.63) is 46.9 Å². The summed E-state index contributed by atoms with van der Waals surface area (Å²) >= 11 is 6.45. The maximum atomic E-state index is 13.9. The second kappa shape index (κ2) is 14.8. The summed E-state index contributed by atoms with van der Waals surface area (Å²) in [6.07, 6.45) is -1.76. The molecule has 0 bridgehead atoms. The van der Waals surface area contributed by atoms with Gasteiger partial charge in [0, 0.05) is 24.9 Å². The van der Waals surface area contributed by atoms with Crippen molar-refractivity contribution in [3.8, 4) is 0 Å². The molecule has 4 heterocycles. The molecule has 2 aromatic heterocycles. The van der Waals surface area contributed by atoms with Crippen molar-refractivity contribution in [2.24, 2.45) is 10.8 Å². The van der Waals surface area contributed by atoms with Crippen molar-refractivity contribution in [3.63, 3.8) is 0 Å². The summed E-state index contributed by atoms with van der Waals surface area (Å²) in [7, 11) is -4.21. The van der Waals surface area contributed by atoms with E-state index >= 15 is 0 Å². The lowest BCUT2D eigenvalue weighted by molar-refractivity contribution is -0.177. The molecule has 1 N–H and O–H groups in total. The van der Waals surface area contributed by atoms with Crippen LogP contribution in [0.3, 0.4) is 0 Å². The number of anilines is 1. The van der Waals surface area contributed by atoms with Crippen molar-refractivity contribution >= 4 is 48.0 Å². The van der Waals surface area contributed by atoms with E-state index in [-0.39, 0.29) is 23.7 Å². The molecule has 5 atom stereocenters. The highest BCUT2D eigenvalue weighted by Gasteiger charge is 2.49. The van der Waals surface area contributed by atoms with E-state index in [1.54, 1.807) is 47.7 Å². The van der Waals surface area contributed by atoms with Gasteiger partial charge in [-0.1, -0.05) is 24.3 Å². The Labute approximate surface area is 314 Å². The predicted octanol–water partition coefficient (Wildman–Crippen LogP) is 5.90. The molecule has 1 aromatic carbocycles. The summed E-state index contributed by atoms with van der Waals surface area (Å²) in [5.41, 5.74) is 1.60. The Hall–Kier alpha value is -3.17. The number of carbonyl (C=O) groups excluding carboxylic acids is 2. The standard InChI is InChI=1S/C36H49ClN5O10P/c1-21(48-31(44)34(3,4)5)51-53(46,52-22(2)49-32(45)35(6,7)8)20-47-17-24-15-27(43)30(50-24)42-29-25(16-38-42)28(39-33(37)40-29)41-18-36(19-41)14-13-23-11-9-10-12-26(23)36/h9-12,16,21-22,24,27,30,43H,13-15,17-20H2,1-8H3/t21?,22?,24-,27+,30+,53?/m0/s1. The minimum Gasteiger partial charge on any atom is -0.435 e. The molecule has 1 spiro atoms. The first-order valence-corrected chi connectivity index (χ1v) is 19.9. The van der Waals surface area contributed by atoms with Crippen molar-refractivity contribution in [1.29, 1.82) is 0 Å². The van der Waals surface area contributed by atoms with Gasteiger partial charge < -0.3 is 29.0 Å². The van der Waals surface area contributed by atoms with E-state index in [0.717, 1.165) is 25.9 Å². The number of halogens is 1. The van der Waals surface area contributed by atoms with Crippen LogP contribution in [0.5, 0.6) is 0 Å². The fourth-order valence-electron chi connectivity index (χ4n) is 6.83. The van der Waals surface area contributed by atoms with Gasteiger partial charge in [-0.25, -0.2) is 4.68 Å². The van der Waals surface area contributed by atoms with Gasteiger partial charge in [-0.15, -0.1) is 0 Å². The predicted molar refractivity (Wildman–Crippen MR) is 194 cm³/mol. The highest BCUT2D eigenvalue weighted by atomic mass is 35.5. The Bertz CT molecular complexity index is 1850. The van der Waals surface area contributed by atoms with Gasteiger partial charge in [0.05, 0.1) is 35.1 Å². The zero-order chi connectivity index (χ0) is 38.5. The zero-order valence-corrected chi connectivity index (χ0v) is 33.1. The molecule has 2 fully saturated rings. The van der Waals surface area contributed by atoms with Gasteiger partial charge >= 0.3 is 19.5 Å². The highest BCUT2D eigenvalue weighted by Crippen LogP contribution is 2.51. The van der Waals surface area contributed by atoms with Crippen LogP contribution in [-0.4, -0.2) is 87.6 Å². The van der Waals surface area contributed by atoms with Gasteiger partial charge in [0.15, 0.2) is 11.9 Å². The van der Waals surface area contributed by atoms with Crippen LogP contribution in [0, 0.1) is 10.8 Å². The van der Waals surface area contributed by atoms with Gasteiger partial charge in [0.1, 0.15) is 18.3 Å². The van der Waals surface area contributed by atoms with Crippen molar-refractivity contribution < 1.29 is 47.3 Å². The van der Waals surface area contributed by atoms with Crippen molar-refractivity contribution in [2.75, 3.05) is 30.9 Å². The number of rotatable bonds is 12. The normalized spacial score (nSPS) is 23.4. The first-order chi connectivity index (χ1) is 24.8.